The van der Waals surface area contributed by atoms with Crippen LogP contribution in [-0.2, 0) is 9.53 Å². The molecular weight excluding hydrogens is 262 g/mol. The van der Waals surface area contributed by atoms with E-state index in [1.165, 1.54) is 0 Å². The molecule has 0 saturated carbocycles. The third-order valence-corrected chi connectivity index (χ3v) is 3.94. The number of hydrogen-bond acceptors (Lipinski definition) is 4. The molecule has 0 bridgehead atoms. The maximum absolute atomic E-state index is 12.4. The Labute approximate surface area is 114 Å². The van der Waals surface area contributed by atoms with E-state index in [2.05, 4.69) is 0 Å². The Kier molecular flexibility index (Phi) is 2.83. The molecule has 1 N–H and O–H groups in total. The molecule has 2 aliphatic rings. The molecule has 1 fully saturated rings. The molecule has 2 heterocycles. The highest BCUT2D eigenvalue weighted by Crippen LogP contribution is 2.35. The normalized spacial score (nSPS) is 20.9. The number of nitrogens with zero attached hydrogens (tertiary/aromatic N) is 1. The van der Waals surface area contributed by atoms with Crippen LogP contribution in [0.4, 0.5) is 0 Å². The van der Waals surface area contributed by atoms with Crippen molar-refractivity contribution in [3.05, 3.63) is 35.4 Å². The quantitative estimate of drug-likeness (QED) is 0.811. The fourth-order valence-corrected chi connectivity index (χ4v) is 2.82. The second-order valence-corrected chi connectivity index (χ2v) is 4.94. The van der Waals surface area contributed by atoms with Crippen LogP contribution in [0.3, 0.4) is 0 Å². The fraction of sp³-hybridized carbons (Fsp3) is 0.357. The highest BCUT2D eigenvalue weighted by atomic mass is 16.5. The predicted octanol–water partition coefficient (Wildman–Crippen LogP) is 0.916. The van der Waals surface area contributed by atoms with E-state index in [4.69, 9.17) is 4.74 Å². The molecule has 6 nitrogen and oxygen atoms in total. The van der Waals surface area contributed by atoms with Crippen molar-refractivity contribution in [1.29, 1.82) is 0 Å². The number of ether oxygens (including phenoxy) is 1. The van der Waals surface area contributed by atoms with Crippen molar-refractivity contribution in [2.75, 3.05) is 13.2 Å². The van der Waals surface area contributed by atoms with Crippen LogP contribution in [0.15, 0.2) is 24.3 Å². The molecular formula is C14H13NO5. The summed E-state index contributed by atoms with van der Waals surface area (Å²) in [7, 11) is 0. The van der Waals surface area contributed by atoms with Crippen LogP contribution in [0, 0.1) is 0 Å². The van der Waals surface area contributed by atoms with E-state index in [9.17, 15) is 19.5 Å². The number of carbonyl (C=O) groups is 3. The van der Waals surface area contributed by atoms with Crippen LogP contribution in [0.1, 0.15) is 33.6 Å². The lowest BCUT2D eigenvalue weighted by Crippen LogP contribution is -2.59. The van der Waals surface area contributed by atoms with Gasteiger partial charge in [0, 0.05) is 26.1 Å². The zero-order valence-electron chi connectivity index (χ0n) is 10.7. The maximum atomic E-state index is 12.4. The van der Waals surface area contributed by atoms with Crippen molar-refractivity contribution in [3.8, 4) is 0 Å². The van der Waals surface area contributed by atoms with Gasteiger partial charge in [-0.25, -0.2) is 4.79 Å². The summed E-state index contributed by atoms with van der Waals surface area (Å²) in [5, 5.41) is 9.56. The molecule has 1 aromatic carbocycles. The van der Waals surface area contributed by atoms with Gasteiger partial charge in [-0.2, -0.15) is 0 Å². The summed E-state index contributed by atoms with van der Waals surface area (Å²) >= 11 is 0. The van der Waals surface area contributed by atoms with Gasteiger partial charge in [0.2, 0.25) is 0 Å². The molecule has 104 valence electrons. The fourth-order valence-electron chi connectivity index (χ4n) is 2.82. The van der Waals surface area contributed by atoms with E-state index in [-0.39, 0.29) is 37.2 Å². The standard InChI is InChI=1S/C14H13NO5/c16-11-9-3-1-2-4-10(9)12(17)15(11)14(13(18)19)5-7-20-8-6-14/h1-4H,5-8H2,(H,18,19). The Hall–Kier alpha value is -2.21. The zero-order valence-corrected chi connectivity index (χ0v) is 10.7. The van der Waals surface area contributed by atoms with Crippen LogP contribution in [0.5, 0.6) is 0 Å². The van der Waals surface area contributed by atoms with E-state index in [1.807, 2.05) is 0 Å². The lowest BCUT2D eigenvalue weighted by atomic mass is 9.88. The highest BCUT2D eigenvalue weighted by Gasteiger charge is 2.54. The van der Waals surface area contributed by atoms with Crippen molar-refractivity contribution in [3.63, 3.8) is 0 Å². The van der Waals surface area contributed by atoms with Crippen molar-refractivity contribution >= 4 is 17.8 Å². The van der Waals surface area contributed by atoms with E-state index in [1.54, 1.807) is 24.3 Å². The third kappa shape index (κ3) is 1.58. The summed E-state index contributed by atoms with van der Waals surface area (Å²) in [6.45, 7) is 0.444. The number of hydrogen-bond donors (Lipinski definition) is 1. The molecule has 0 aromatic heterocycles. The predicted molar refractivity (Wildman–Crippen MR) is 67.4 cm³/mol. The Morgan fingerprint density at radius 2 is 1.60 bits per heavy atom. The largest absolute Gasteiger partial charge is 0.479 e. The number of carboxylic acids is 1. The minimum atomic E-state index is -1.49. The molecule has 20 heavy (non-hydrogen) atoms. The SMILES string of the molecule is O=C1c2ccccc2C(=O)N1C1(C(=O)O)CCOCC1. The Morgan fingerprint density at radius 1 is 1.10 bits per heavy atom. The number of fused-ring (bicyclic) bond motifs is 1. The number of rotatable bonds is 2. The molecule has 1 saturated heterocycles. The van der Waals surface area contributed by atoms with E-state index < -0.39 is 23.3 Å². The molecule has 2 amide bonds. The highest BCUT2D eigenvalue weighted by molar-refractivity contribution is 6.23. The Bertz CT molecular complexity index is 568. The molecule has 0 spiro atoms. The summed E-state index contributed by atoms with van der Waals surface area (Å²) in [6, 6.07) is 6.41. The lowest BCUT2D eigenvalue weighted by Gasteiger charge is -2.39. The van der Waals surface area contributed by atoms with Crippen LogP contribution in [0.25, 0.3) is 0 Å². The zero-order chi connectivity index (χ0) is 14.3. The van der Waals surface area contributed by atoms with Gasteiger partial charge in [0.15, 0.2) is 5.54 Å². The van der Waals surface area contributed by atoms with Crippen molar-refractivity contribution in [2.24, 2.45) is 0 Å². The Balaban J connectivity index is 2.08. The first kappa shape index (κ1) is 12.8. The smallest absolute Gasteiger partial charge is 0.330 e. The lowest BCUT2D eigenvalue weighted by molar-refractivity contribution is -0.154. The average molecular weight is 275 g/mol. The van der Waals surface area contributed by atoms with Gasteiger partial charge in [0.05, 0.1) is 11.1 Å². The minimum Gasteiger partial charge on any atom is -0.479 e. The topological polar surface area (TPSA) is 83.9 Å². The van der Waals surface area contributed by atoms with Gasteiger partial charge >= 0.3 is 5.97 Å². The average Bonchev–Trinajstić information content (AvgIpc) is 2.72. The molecule has 3 rings (SSSR count). The molecule has 6 heteroatoms. The minimum absolute atomic E-state index is 0.119. The number of aliphatic carboxylic acids is 1. The molecule has 2 aliphatic heterocycles. The second kappa shape index (κ2) is 4.42. The molecule has 0 unspecified atom stereocenters. The monoisotopic (exact) mass is 275 g/mol. The molecule has 0 aliphatic carbocycles. The number of carbonyl (C=O) groups excluding carboxylic acids is 2. The second-order valence-electron chi connectivity index (χ2n) is 4.94. The van der Waals surface area contributed by atoms with Gasteiger partial charge in [0.25, 0.3) is 11.8 Å². The van der Waals surface area contributed by atoms with Crippen LogP contribution < -0.4 is 0 Å². The number of imide groups is 1. The van der Waals surface area contributed by atoms with Crippen molar-refractivity contribution < 1.29 is 24.2 Å². The summed E-state index contributed by atoms with van der Waals surface area (Å²) in [5.74, 6) is -2.22. The van der Waals surface area contributed by atoms with Gasteiger partial charge in [-0.1, -0.05) is 12.1 Å². The van der Waals surface area contributed by atoms with Gasteiger partial charge < -0.3 is 9.84 Å². The first-order valence-electron chi connectivity index (χ1n) is 6.37. The van der Waals surface area contributed by atoms with Crippen molar-refractivity contribution in [2.45, 2.75) is 18.4 Å². The van der Waals surface area contributed by atoms with Crippen molar-refractivity contribution in [1.82, 2.24) is 4.90 Å². The molecule has 1 aromatic rings. The van der Waals surface area contributed by atoms with E-state index >= 15 is 0 Å². The van der Waals surface area contributed by atoms with Gasteiger partial charge in [0.1, 0.15) is 0 Å². The molecule has 0 atom stereocenters. The summed E-state index contributed by atoms with van der Waals surface area (Å²) in [4.78, 5) is 37.4. The van der Waals surface area contributed by atoms with Crippen LogP contribution >= 0.6 is 0 Å². The summed E-state index contributed by atoms with van der Waals surface area (Å²) in [5.41, 5.74) is -0.958. The summed E-state index contributed by atoms with van der Waals surface area (Å²) < 4.78 is 5.17. The number of benzene rings is 1. The van der Waals surface area contributed by atoms with Gasteiger partial charge in [-0.15, -0.1) is 0 Å². The first-order chi connectivity index (χ1) is 9.58. The van der Waals surface area contributed by atoms with E-state index in [0.717, 1.165) is 4.90 Å². The van der Waals surface area contributed by atoms with Crippen LogP contribution in [0.2, 0.25) is 0 Å². The van der Waals surface area contributed by atoms with Crippen LogP contribution in [-0.4, -0.2) is 46.5 Å². The Morgan fingerprint density at radius 3 is 2.05 bits per heavy atom. The van der Waals surface area contributed by atoms with Gasteiger partial charge in [-0.05, 0) is 12.1 Å². The number of carboxylic acid groups (broad SMARTS) is 1. The van der Waals surface area contributed by atoms with Gasteiger partial charge in [-0.3, -0.25) is 14.5 Å². The number of amides is 2. The maximum Gasteiger partial charge on any atom is 0.330 e. The first-order valence-corrected chi connectivity index (χ1v) is 6.37. The van der Waals surface area contributed by atoms with E-state index in [0.29, 0.717) is 0 Å². The third-order valence-electron chi connectivity index (χ3n) is 3.94. The summed E-state index contributed by atoms with van der Waals surface area (Å²) in [6.07, 6.45) is 0.238. The molecule has 0 radical (unpaired) electrons.